The molecule has 2 heteroatoms. The van der Waals surface area contributed by atoms with Crippen molar-refractivity contribution < 1.29 is 9.53 Å². The molecule has 0 saturated heterocycles. The number of rotatable bonds is 3. The second kappa shape index (κ2) is 4.27. The topological polar surface area (TPSA) is 26.3 Å². The number of methoxy groups -OCH3 is 1. The molecule has 0 spiro atoms. The fourth-order valence-electron chi connectivity index (χ4n) is 1.69. The Kier molecular flexibility index (Phi) is 3.28. The third-order valence-corrected chi connectivity index (χ3v) is 2.34. The van der Waals surface area contributed by atoms with E-state index in [1.54, 1.807) is 7.11 Å². The summed E-state index contributed by atoms with van der Waals surface area (Å²) in [5.74, 6) is 1.13. The van der Waals surface area contributed by atoms with E-state index in [0.29, 0.717) is 5.92 Å². The van der Waals surface area contributed by atoms with Gasteiger partial charge in [-0.1, -0.05) is 26.0 Å². The van der Waals surface area contributed by atoms with Crippen LogP contribution in [0.2, 0.25) is 0 Å². The Morgan fingerprint density at radius 3 is 2.43 bits per heavy atom. The first-order valence-electron chi connectivity index (χ1n) is 4.74. The highest BCUT2D eigenvalue weighted by Crippen LogP contribution is 2.31. The number of carbonyl (C=O) groups is 1. The van der Waals surface area contributed by atoms with Crippen molar-refractivity contribution in [2.75, 3.05) is 7.11 Å². The van der Waals surface area contributed by atoms with Crippen LogP contribution >= 0.6 is 0 Å². The third kappa shape index (κ3) is 1.79. The average molecular weight is 192 g/mol. The van der Waals surface area contributed by atoms with E-state index in [0.717, 1.165) is 28.7 Å². The first-order chi connectivity index (χ1) is 6.61. The number of hydrogen-bond donors (Lipinski definition) is 0. The fourth-order valence-corrected chi connectivity index (χ4v) is 1.69. The number of hydrogen-bond acceptors (Lipinski definition) is 2. The van der Waals surface area contributed by atoms with Crippen molar-refractivity contribution in [2.45, 2.75) is 26.7 Å². The SMILES string of the molecule is COc1c(C)ccc(C=O)c1C(C)C. The predicted octanol–water partition coefficient (Wildman–Crippen LogP) is 2.94. The van der Waals surface area contributed by atoms with Crippen molar-refractivity contribution in [2.24, 2.45) is 0 Å². The van der Waals surface area contributed by atoms with Gasteiger partial charge in [0.25, 0.3) is 0 Å². The largest absolute Gasteiger partial charge is 0.496 e. The molecule has 0 aliphatic rings. The van der Waals surface area contributed by atoms with Gasteiger partial charge in [0.2, 0.25) is 0 Å². The minimum absolute atomic E-state index is 0.296. The van der Waals surface area contributed by atoms with Crippen LogP contribution in [0.4, 0.5) is 0 Å². The molecule has 0 saturated carbocycles. The Morgan fingerprint density at radius 1 is 1.36 bits per heavy atom. The van der Waals surface area contributed by atoms with E-state index in [9.17, 15) is 4.79 Å². The average Bonchev–Trinajstić information content (AvgIpc) is 2.17. The summed E-state index contributed by atoms with van der Waals surface area (Å²) in [7, 11) is 1.64. The molecular weight excluding hydrogens is 176 g/mol. The minimum atomic E-state index is 0.296. The third-order valence-electron chi connectivity index (χ3n) is 2.34. The van der Waals surface area contributed by atoms with Gasteiger partial charge in [0.05, 0.1) is 7.11 Å². The summed E-state index contributed by atoms with van der Waals surface area (Å²) < 4.78 is 5.32. The lowest BCUT2D eigenvalue weighted by atomic mass is 9.94. The van der Waals surface area contributed by atoms with Gasteiger partial charge in [-0.3, -0.25) is 4.79 Å². The zero-order chi connectivity index (χ0) is 10.7. The molecule has 0 fully saturated rings. The Labute approximate surface area is 84.9 Å². The Balaban J connectivity index is 3.43. The first-order valence-corrected chi connectivity index (χ1v) is 4.74. The molecule has 76 valence electrons. The van der Waals surface area contributed by atoms with Crippen LogP contribution in [0, 0.1) is 6.92 Å². The fraction of sp³-hybridized carbons (Fsp3) is 0.417. The lowest BCUT2D eigenvalue weighted by molar-refractivity contribution is 0.112. The number of ether oxygens (including phenoxy) is 1. The summed E-state index contributed by atoms with van der Waals surface area (Å²) in [6.45, 7) is 6.11. The molecule has 0 heterocycles. The predicted molar refractivity (Wildman–Crippen MR) is 57.2 cm³/mol. The van der Waals surface area contributed by atoms with Crippen molar-refractivity contribution >= 4 is 6.29 Å². The number of aldehydes is 1. The molecule has 0 atom stereocenters. The van der Waals surface area contributed by atoms with Crippen molar-refractivity contribution in [3.63, 3.8) is 0 Å². The Bertz CT molecular complexity index is 340. The molecule has 0 radical (unpaired) electrons. The smallest absolute Gasteiger partial charge is 0.150 e. The molecule has 14 heavy (non-hydrogen) atoms. The summed E-state index contributed by atoms with van der Waals surface area (Å²) >= 11 is 0. The Morgan fingerprint density at radius 2 is 2.00 bits per heavy atom. The number of aryl methyl sites for hydroxylation is 1. The molecule has 0 aliphatic carbocycles. The van der Waals surface area contributed by atoms with Gasteiger partial charge >= 0.3 is 0 Å². The van der Waals surface area contributed by atoms with Crippen molar-refractivity contribution in [3.05, 3.63) is 28.8 Å². The highest BCUT2D eigenvalue weighted by Gasteiger charge is 2.14. The summed E-state index contributed by atoms with van der Waals surface area (Å²) in [6.07, 6.45) is 0.886. The molecule has 2 nitrogen and oxygen atoms in total. The molecule has 1 rings (SSSR count). The van der Waals surface area contributed by atoms with Crippen molar-refractivity contribution in [3.8, 4) is 5.75 Å². The highest BCUT2D eigenvalue weighted by atomic mass is 16.5. The Hall–Kier alpha value is -1.31. The molecule has 0 N–H and O–H groups in total. The number of benzene rings is 1. The molecule has 1 aromatic carbocycles. The van der Waals surface area contributed by atoms with Gasteiger partial charge in [0, 0.05) is 11.1 Å². The molecule has 0 unspecified atom stereocenters. The molecule has 1 aromatic rings. The van der Waals surface area contributed by atoms with Crippen LogP contribution in [0.15, 0.2) is 12.1 Å². The van der Waals surface area contributed by atoms with Crippen LogP contribution < -0.4 is 4.74 Å². The van der Waals surface area contributed by atoms with Crippen LogP contribution in [-0.2, 0) is 0 Å². The lowest BCUT2D eigenvalue weighted by Crippen LogP contribution is -2.01. The van der Waals surface area contributed by atoms with Crippen LogP contribution in [0.3, 0.4) is 0 Å². The standard InChI is InChI=1S/C12H16O2/c1-8(2)11-10(7-13)6-5-9(3)12(11)14-4/h5-8H,1-4H3. The minimum Gasteiger partial charge on any atom is -0.496 e. The van der Waals surface area contributed by atoms with Gasteiger partial charge in [-0.2, -0.15) is 0 Å². The summed E-state index contributed by atoms with van der Waals surface area (Å²) in [5, 5.41) is 0. The van der Waals surface area contributed by atoms with Crippen LogP contribution in [-0.4, -0.2) is 13.4 Å². The molecule has 0 aromatic heterocycles. The van der Waals surface area contributed by atoms with Gasteiger partial charge in [-0.25, -0.2) is 0 Å². The molecule has 0 aliphatic heterocycles. The van der Waals surface area contributed by atoms with E-state index >= 15 is 0 Å². The first kappa shape index (κ1) is 10.8. The van der Waals surface area contributed by atoms with Gasteiger partial charge in [-0.15, -0.1) is 0 Å². The van der Waals surface area contributed by atoms with Gasteiger partial charge in [-0.05, 0) is 18.4 Å². The van der Waals surface area contributed by atoms with E-state index < -0.39 is 0 Å². The van der Waals surface area contributed by atoms with Crippen LogP contribution in [0.1, 0.15) is 41.3 Å². The van der Waals surface area contributed by atoms with Gasteiger partial charge < -0.3 is 4.74 Å². The van der Waals surface area contributed by atoms with E-state index in [4.69, 9.17) is 4.74 Å². The zero-order valence-corrected chi connectivity index (χ0v) is 9.13. The maximum Gasteiger partial charge on any atom is 0.150 e. The second-order valence-electron chi connectivity index (χ2n) is 3.69. The highest BCUT2D eigenvalue weighted by molar-refractivity contribution is 5.79. The van der Waals surface area contributed by atoms with Crippen LogP contribution in [0.25, 0.3) is 0 Å². The zero-order valence-electron chi connectivity index (χ0n) is 9.13. The monoisotopic (exact) mass is 192 g/mol. The van der Waals surface area contributed by atoms with E-state index in [1.807, 2.05) is 19.1 Å². The maximum atomic E-state index is 10.9. The van der Waals surface area contributed by atoms with Gasteiger partial charge in [0.1, 0.15) is 12.0 Å². The summed E-state index contributed by atoms with van der Waals surface area (Å²) in [4.78, 5) is 10.9. The van der Waals surface area contributed by atoms with Gasteiger partial charge in [0.15, 0.2) is 0 Å². The maximum absolute atomic E-state index is 10.9. The van der Waals surface area contributed by atoms with Crippen LogP contribution in [0.5, 0.6) is 5.75 Å². The quantitative estimate of drug-likeness (QED) is 0.688. The second-order valence-corrected chi connectivity index (χ2v) is 3.69. The number of carbonyl (C=O) groups excluding carboxylic acids is 1. The van der Waals surface area contributed by atoms with E-state index in [1.165, 1.54) is 0 Å². The summed E-state index contributed by atoms with van der Waals surface area (Å²) in [5.41, 5.74) is 2.80. The molecule has 0 bridgehead atoms. The van der Waals surface area contributed by atoms with E-state index in [2.05, 4.69) is 13.8 Å². The van der Waals surface area contributed by atoms with Crippen molar-refractivity contribution in [1.82, 2.24) is 0 Å². The van der Waals surface area contributed by atoms with E-state index in [-0.39, 0.29) is 0 Å². The van der Waals surface area contributed by atoms with Crippen molar-refractivity contribution in [1.29, 1.82) is 0 Å². The molecule has 0 amide bonds. The normalized spacial score (nSPS) is 10.4. The summed E-state index contributed by atoms with van der Waals surface area (Å²) in [6, 6.07) is 3.76. The lowest BCUT2D eigenvalue weighted by Gasteiger charge is -2.16. The molecular formula is C12H16O2.